The van der Waals surface area contributed by atoms with E-state index in [0.29, 0.717) is 0 Å². The molecular formula is C9H11NNiO3Pt. The van der Waals surface area contributed by atoms with Gasteiger partial charge in [0.2, 0.25) is 0 Å². The van der Waals surface area contributed by atoms with Crippen LogP contribution in [0.3, 0.4) is 0 Å². The SMILES string of the molecule is N[C@@H](Cc1ccc(O)cc1)C(=O)O.[Ni].[Pt]. The predicted molar refractivity (Wildman–Crippen MR) is 47.4 cm³/mol. The summed E-state index contributed by atoms with van der Waals surface area (Å²) in [5.41, 5.74) is 6.12. The number of hydrogen-bond acceptors (Lipinski definition) is 3. The molecule has 4 nitrogen and oxygen atoms in total. The van der Waals surface area contributed by atoms with E-state index in [2.05, 4.69) is 0 Å². The van der Waals surface area contributed by atoms with Gasteiger partial charge in [-0.2, -0.15) is 0 Å². The maximum atomic E-state index is 10.4. The number of carboxylic acids is 1. The molecular weight excluding hydrogens is 424 g/mol. The monoisotopic (exact) mass is 434 g/mol. The number of nitrogens with two attached hydrogens (primary N) is 1. The maximum Gasteiger partial charge on any atom is 0.320 e. The zero-order chi connectivity index (χ0) is 9.84. The molecule has 4 N–H and O–H groups in total. The molecule has 1 aromatic rings. The summed E-state index contributed by atoms with van der Waals surface area (Å²) >= 11 is 0. The van der Waals surface area contributed by atoms with Crippen LogP contribution in [0.5, 0.6) is 5.75 Å². The third kappa shape index (κ3) is 5.93. The van der Waals surface area contributed by atoms with Crippen molar-refractivity contribution in [1.29, 1.82) is 0 Å². The number of carboxylic acid groups (broad SMARTS) is 1. The number of phenolic OH excluding ortho intramolecular Hbond substituents is 1. The largest absolute Gasteiger partial charge is 0.508 e. The molecule has 0 heterocycles. The Labute approximate surface area is 112 Å². The molecule has 0 saturated carbocycles. The predicted octanol–water partition coefficient (Wildman–Crippen LogP) is 0.342. The first-order valence-electron chi connectivity index (χ1n) is 3.86. The van der Waals surface area contributed by atoms with E-state index in [9.17, 15) is 4.79 Å². The van der Waals surface area contributed by atoms with Crippen LogP contribution in [-0.4, -0.2) is 22.2 Å². The molecule has 0 aliphatic heterocycles. The van der Waals surface area contributed by atoms with E-state index >= 15 is 0 Å². The van der Waals surface area contributed by atoms with Gasteiger partial charge in [0.05, 0.1) is 0 Å². The summed E-state index contributed by atoms with van der Waals surface area (Å²) in [6.07, 6.45) is 0.273. The molecule has 0 aromatic heterocycles. The van der Waals surface area contributed by atoms with Crippen LogP contribution in [0.1, 0.15) is 5.56 Å². The zero-order valence-corrected chi connectivity index (χ0v) is 10.9. The molecule has 15 heavy (non-hydrogen) atoms. The number of hydrogen-bond donors (Lipinski definition) is 3. The number of carbonyl (C=O) groups is 1. The van der Waals surface area contributed by atoms with Gasteiger partial charge in [-0.3, -0.25) is 4.79 Å². The molecule has 0 bridgehead atoms. The van der Waals surface area contributed by atoms with E-state index in [1.165, 1.54) is 12.1 Å². The first kappa shape index (κ1) is 17.0. The van der Waals surface area contributed by atoms with Crippen LogP contribution in [0.25, 0.3) is 0 Å². The van der Waals surface area contributed by atoms with E-state index in [1.807, 2.05) is 0 Å². The van der Waals surface area contributed by atoms with Crippen LogP contribution >= 0.6 is 0 Å². The molecule has 0 radical (unpaired) electrons. The first-order valence-corrected chi connectivity index (χ1v) is 3.86. The summed E-state index contributed by atoms with van der Waals surface area (Å²) in [4.78, 5) is 10.4. The van der Waals surface area contributed by atoms with Crippen molar-refractivity contribution in [2.45, 2.75) is 12.5 Å². The Bertz CT molecular complexity index is 305. The van der Waals surface area contributed by atoms with Crippen molar-refractivity contribution in [3.05, 3.63) is 29.8 Å². The van der Waals surface area contributed by atoms with E-state index in [4.69, 9.17) is 15.9 Å². The number of phenols is 1. The average molecular weight is 435 g/mol. The maximum absolute atomic E-state index is 10.4. The number of aliphatic carboxylic acids is 1. The van der Waals surface area contributed by atoms with Gasteiger partial charge in [0.15, 0.2) is 0 Å². The average Bonchev–Trinajstić information content (AvgIpc) is 2.08. The third-order valence-electron chi connectivity index (χ3n) is 1.71. The van der Waals surface area contributed by atoms with Crippen LogP contribution in [0.2, 0.25) is 0 Å². The summed E-state index contributed by atoms with van der Waals surface area (Å²) in [7, 11) is 0. The second kappa shape index (κ2) is 7.86. The van der Waals surface area contributed by atoms with Gasteiger partial charge in [-0.1, -0.05) is 12.1 Å². The third-order valence-corrected chi connectivity index (χ3v) is 1.71. The molecule has 0 fully saturated rings. The Morgan fingerprint density at radius 3 is 2.20 bits per heavy atom. The standard InChI is InChI=1S/C9H11NO3.Ni.Pt/c10-8(9(12)13)5-6-1-3-7(11)4-2-6;;/h1-4,8,11H,5,10H2,(H,12,13);;/t8-;;/m0../s1. The Morgan fingerprint density at radius 1 is 1.33 bits per heavy atom. The molecule has 1 rings (SSSR count). The van der Waals surface area contributed by atoms with Gasteiger partial charge >= 0.3 is 5.97 Å². The van der Waals surface area contributed by atoms with Crippen LogP contribution in [0.4, 0.5) is 0 Å². The van der Waals surface area contributed by atoms with Crippen molar-refractivity contribution >= 4 is 5.97 Å². The van der Waals surface area contributed by atoms with Gasteiger partial charge in [-0.25, -0.2) is 0 Å². The van der Waals surface area contributed by atoms with Crippen molar-refractivity contribution in [2.75, 3.05) is 0 Å². The fourth-order valence-corrected chi connectivity index (χ4v) is 0.973. The minimum Gasteiger partial charge on any atom is -0.508 e. The molecule has 90 valence electrons. The van der Waals surface area contributed by atoms with Crippen molar-refractivity contribution in [3.63, 3.8) is 0 Å². The zero-order valence-electron chi connectivity index (χ0n) is 7.61. The van der Waals surface area contributed by atoms with Crippen molar-refractivity contribution in [2.24, 2.45) is 5.73 Å². The second-order valence-electron chi connectivity index (χ2n) is 2.82. The normalized spacial score (nSPS) is 10.7. The second-order valence-corrected chi connectivity index (χ2v) is 2.82. The summed E-state index contributed by atoms with van der Waals surface area (Å²) in [6.45, 7) is 0. The fourth-order valence-electron chi connectivity index (χ4n) is 0.973. The van der Waals surface area contributed by atoms with Gasteiger partial charge in [0.1, 0.15) is 11.8 Å². The molecule has 0 saturated heterocycles. The smallest absolute Gasteiger partial charge is 0.320 e. The molecule has 0 unspecified atom stereocenters. The number of rotatable bonds is 3. The summed E-state index contributed by atoms with van der Waals surface area (Å²) in [5.74, 6) is -0.860. The van der Waals surface area contributed by atoms with Crippen molar-refractivity contribution in [1.82, 2.24) is 0 Å². The van der Waals surface area contributed by atoms with E-state index < -0.39 is 12.0 Å². The first-order chi connectivity index (χ1) is 6.09. The van der Waals surface area contributed by atoms with E-state index in [0.717, 1.165) is 5.56 Å². The Balaban J connectivity index is 0. The molecule has 6 heteroatoms. The minimum absolute atomic E-state index is 0. The Hall–Kier alpha value is -0.368. The van der Waals surface area contributed by atoms with Crippen molar-refractivity contribution in [3.8, 4) is 5.75 Å². The number of benzene rings is 1. The van der Waals surface area contributed by atoms with E-state index in [-0.39, 0.29) is 49.7 Å². The summed E-state index contributed by atoms with van der Waals surface area (Å²) in [5, 5.41) is 17.5. The van der Waals surface area contributed by atoms with Gasteiger partial charge < -0.3 is 15.9 Å². The summed E-state index contributed by atoms with van der Waals surface area (Å²) in [6, 6.07) is 5.42. The quantitative estimate of drug-likeness (QED) is 0.599. The molecule has 0 aliphatic carbocycles. The van der Waals surface area contributed by atoms with Crippen LogP contribution in [0, 0.1) is 0 Å². The number of aromatic hydroxyl groups is 1. The van der Waals surface area contributed by atoms with Gasteiger partial charge in [-0.05, 0) is 24.1 Å². The summed E-state index contributed by atoms with van der Waals surface area (Å²) < 4.78 is 0. The molecule has 0 amide bonds. The van der Waals surface area contributed by atoms with Gasteiger partial charge in [0, 0.05) is 37.6 Å². The molecule has 1 atom stereocenters. The van der Waals surface area contributed by atoms with Gasteiger partial charge in [0.25, 0.3) is 0 Å². The molecule has 0 spiro atoms. The molecule has 1 aromatic carbocycles. The minimum atomic E-state index is -1.02. The molecule has 0 aliphatic rings. The Morgan fingerprint density at radius 2 is 1.80 bits per heavy atom. The van der Waals surface area contributed by atoms with Crippen LogP contribution < -0.4 is 5.73 Å². The topological polar surface area (TPSA) is 83.5 Å². The van der Waals surface area contributed by atoms with Gasteiger partial charge in [-0.15, -0.1) is 0 Å². The van der Waals surface area contributed by atoms with Crippen LogP contribution in [-0.2, 0) is 48.8 Å². The van der Waals surface area contributed by atoms with Crippen molar-refractivity contribution < 1.29 is 52.6 Å². The fraction of sp³-hybridized carbons (Fsp3) is 0.222. The Kier molecular flexibility index (Phi) is 8.93. The van der Waals surface area contributed by atoms with Crippen LogP contribution in [0.15, 0.2) is 24.3 Å². The van der Waals surface area contributed by atoms with E-state index in [1.54, 1.807) is 12.1 Å².